The lowest BCUT2D eigenvalue weighted by Gasteiger charge is -2.31. The molecule has 6 rings (SSSR count). The average molecular weight is 548 g/mol. The predicted molar refractivity (Wildman–Crippen MR) is 160 cm³/mol. The predicted octanol–water partition coefficient (Wildman–Crippen LogP) is 4.20. The summed E-state index contributed by atoms with van der Waals surface area (Å²) in [6.07, 6.45) is 7.38. The third-order valence-corrected chi connectivity index (χ3v) is 7.74. The molecule has 2 aliphatic rings. The highest BCUT2D eigenvalue weighted by molar-refractivity contribution is 6.08. The van der Waals surface area contributed by atoms with Crippen LogP contribution in [0.15, 0.2) is 84.2 Å². The van der Waals surface area contributed by atoms with Gasteiger partial charge in [0.1, 0.15) is 5.75 Å². The van der Waals surface area contributed by atoms with Crippen molar-refractivity contribution in [3.8, 4) is 17.0 Å². The molecular weight excluding hydrogens is 514 g/mol. The van der Waals surface area contributed by atoms with Crippen molar-refractivity contribution >= 4 is 23.0 Å². The fourth-order valence-electron chi connectivity index (χ4n) is 5.28. The highest BCUT2D eigenvalue weighted by Gasteiger charge is 2.19. The SMILES string of the molecule is NN1CCN(CCc2ccc(NC(=O)c3ccc4c(c3)N=C(c3cc(-c5cnccn5)ccc3O)CC4)cc2)CC1. The smallest absolute Gasteiger partial charge is 0.255 e. The number of nitrogens with two attached hydrogens (primary N) is 1. The fraction of sp³-hybridized carbons (Fsp3) is 0.250. The van der Waals surface area contributed by atoms with Crippen LogP contribution in [0.2, 0.25) is 0 Å². The summed E-state index contributed by atoms with van der Waals surface area (Å²) in [6.45, 7) is 4.79. The van der Waals surface area contributed by atoms with Crippen LogP contribution >= 0.6 is 0 Å². The Labute approximate surface area is 239 Å². The van der Waals surface area contributed by atoms with E-state index in [4.69, 9.17) is 10.8 Å². The molecule has 1 aromatic heterocycles. The van der Waals surface area contributed by atoms with E-state index in [-0.39, 0.29) is 11.7 Å². The number of hydrogen-bond acceptors (Lipinski definition) is 8. The molecule has 4 N–H and O–H groups in total. The number of aliphatic imine (C=N–C) groups is 1. The Bertz CT molecular complexity index is 1560. The number of carbonyl (C=O) groups excluding carboxylic acids is 1. The number of fused-ring (bicyclic) bond motifs is 1. The van der Waals surface area contributed by atoms with Gasteiger partial charge >= 0.3 is 0 Å². The quantitative estimate of drug-likeness (QED) is 0.297. The van der Waals surface area contributed by atoms with E-state index in [1.807, 2.05) is 47.5 Å². The molecule has 3 aromatic carbocycles. The summed E-state index contributed by atoms with van der Waals surface area (Å²) in [5, 5.41) is 15.5. The minimum atomic E-state index is -0.185. The second-order valence-corrected chi connectivity index (χ2v) is 10.5. The van der Waals surface area contributed by atoms with Gasteiger partial charge in [0.2, 0.25) is 0 Å². The van der Waals surface area contributed by atoms with Crippen LogP contribution in [0.25, 0.3) is 11.3 Å². The third kappa shape index (κ3) is 6.33. The molecule has 2 aliphatic heterocycles. The van der Waals surface area contributed by atoms with Gasteiger partial charge in [0.15, 0.2) is 0 Å². The number of nitrogens with zero attached hydrogens (tertiary/aromatic N) is 5. The number of amides is 1. The number of aromatic nitrogens is 2. The molecule has 0 radical (unpaired) electrons. The number of carbonyl (C=O) groups is 1. The molecule has 1 amide bonds. The van der Waals surface area contributed by atoms with E-state index in [1.165, 1.54) is 5.56 Å². The van der Waals surface area contributed by atoms with Crippen molar-refractivity contribution in [3.05, 3.63) is 102 Å². The zero-order valence-corrected chi connectivity index (χ0v) is 22.8. The number of benzene rings is 3. The number of piperazine rings is 1. The second-order valence-electron chi connectivity index (χ2n) is 10.5. The highest BCUT2D eigenvalue weighted by atomic mass is 16.3. The van der Waals surface area contributed by atoms with Crippen molar-refractivity contribution in [2.24, 2.45) is 10.8 Å². The van der Waals surface area contributed by atoms with Gasteiger partial charge in [0.05, 0.1) is 23.3 Å². The second kappa shape index (κ2) is 12.0. The van der Waals surface area contributed by atoms with Gasteiger partial charge in [-0.3, -0.25) is 25.6 Å². The molecule has 208 valence electrons. The Kier molecular flexibility index (Phi) is 7.82. The van der Waals surface area contributed by atoms with Gasteiger partial charge in [0.25, 0.3) is 5.91 Å². The molecule has 3 heterocycles. The molecule has 9 nitrogen and oxygen atoms in total. The first-order valence-electron chi connectivity index (χ1n) is 13.9. The summed E-state index contributed by atoms with van der Waals surface area (Å²) in [5.74, 6) is 5.83. The molecule has 1 fully saturated rings. The number of nitrogens with one attached hydrogen (secondary N) is 1. The van der Waals surface area contributed by atoms with E-state index in [0.717, 1.165) is 79.5 Å². The lowest BCUT2D eigenvalue weighted by molar-refractivity contribution is 0.102. The number of aryl methyl sites for hydroxylation is 1. The van der Waals surface area contributed by atoms with E-state index >= 15 is 0 Å². The summed E-state index contributed by atoms with van der Waals surface area (Å²) in [4.78, 5) is 28.9. The van der Waals surface area contributed by atoms with Crippen molar-refractivity contribution in [2.75, 3.05) is 38.0 Å². The molecular formula is C32H33N7O2. The molecule has 41 heavy (non-hydrogen) atoms. The van der Waals surface area contributed by atoms with Gasteiger partial charge in [-0.2, -0.15) is 0 Å². The summed E-state index contributed by atoms with van der Waals surface area (Å²) in [5.41, 5.74) is 7.37. The number of phenols is 1. The molecule has 1 saturated heterocycles. The fourth-order valence-corrected chi connectivity index (χ4v) is 5.28. The number of hydrazine groups is 1. The Balaban J connectivity index is 1.13. The molecule has 0 unspecified atom stereocenters. The molecule has 0 atom stereocenters. The number of hydrogen-bond donors (Lipinski definition) is 3. The van der Waals surface area contributed by atoms with Crippen LogP contribution in [0, 0.1) is 0 Å². The molecule has 0 spiro atoms. The van der Waals surface area contributed by atoms with Crippen molar-refractivity contribution in [1.82, 2.24) is 19.9 Å². The molecule has 9 heteroatoms. The van der Waals surface area contributed by atoms with E-state index < -0.39 is 0 Å². The van der Waals surface area contributed by atoms with E-state index in [1.54, 1.807) is 24.7 Å². The summed E-state index contributed by atoms with van der Waals surface area (Å²) in [6, 6.07) is 19.0. The summed E-state index contributed by atoms with van der Waals surface area (Å²) in [7, 11) is 0. The van der Waals surface area contributed by atoms with Crippen molar-refractivity contribution in [1.29, 1.82) is 0 Å². The molecule has 0 bridgehead atoms. The number of aromatic hydroxyl groups is 1. The number of phenolic OH excluding ortho intramolecular Hbond substituents is 1. The van der Waals surface area contributed by atoms with Gasteiger partial charge in [-0.15, -0.1) is 0 Å². The van der Waals surface area contributed by atoms with E-state index in [9.17, 15) is 9.90 Å². The van der Waals surface area contributed by atoms with Gasteiger partial charge in [-0.05, 0) is 72.9 Å². The highest BCUT2D eigenvalue weighted by Crippen LogP contribution is 2.33. The minimum absolute atomic E-state index is 0.162. The Hall–Kier alpha value is -4.44. The maximum Gasteiger partial charge on any atom is 0.255 e. The zero-order valence-electron chi connectivity index (χ0n) is 22.8. The van der Waals surface area contributed by atoms with Gasteiger partial charge in [-0.25, -0.2) is 5.01 Å². The van der Waals surface area contributed by atoms with Crippen LogP contribution < -0.4 is 11.2 Å². The minimum Gasteiger partial charge on any atom is -0.507 e. The topological polar surface area (TPSA) is 120 Å². The van der Waals surface area contributed by atoms with Crippen molar-refractivity contribution in [3.63, 3.8) is 0 Å². The molecule has 0 saturated carbocycles. The van der Waals surface area contributed by atoms with Crippen LogP contribution in [0.3, 0.4) is 0 Å². The molecule has 0 aliphatic carbocycles. The standard InChI is InChI=1S/C32H33N7O2/c33-39-17-15-38(16-18-39)14-11-22-1-7-26(8-2-22)36-32(41)25-4-3-23-5-9-28(37-29(23)20-25)27-19-24(6-10-31(27)40)30-21-34-12-13-35-30/h1-4,6-8,10,12-13,19-21,40H,5,9,11,14-18,33H2,(H,36,41). The van der Waals surface area contributed by atoms with Crippen LogP contribution in [0.1, 0.15) is 33.5 Å². The van der Waals surface area contributed by atoms with Crippen LogP contribution in [0.5, 0.6) is 5.75 Å². The first kappa shape index (κ1) is 26.8. The number of rotatable bonds is 7. The summed E-state index contributed by atoms with van der Waals surface area (Å²) < 4.78 is 0. The van der Waals surface area contributed by atoms with Crippen LogP contribution in [-0.4, -0.2) is 69.3 Å². The van der Waals surface area contributed by atoms with Crippen LogP contribution in [0.4, 0.5) is 11.4 Å². The van der Waals surface area contributed by atoms with Crippen molar-refractivity contribution in [2.45, 2.75) is 19.3 Å². The monoisotopic (exact) mass is 547 g/mol. The van der Waals surface area contributed by atoms with Gasteiger partial charge in [0, 0.05) is 67.5 Å². The third-order valence-electron chi connectivity index (χ3n) is 7.74. The number of anilines is 1. The Morgan fingerprint density at radius 1 is 0.951 bits per heavy atom. The lowest BCUT2D eigenvalue weighted by Crippen LogP contribution is -2.49. The van der Waals surface area contributed by atoms with E-state index in [2.05, 4.69) is 32.3 Å². The maximum absolute atomic E-state index is 13.1. The first-order valence-corrected chi connectivity index (χ1v) is 13.9. The van der Waals surface area contributed by atoms with Crippen molar-refractivity contribution < 1.29 is 9.90 Å². The maximum atomic E-state index is 13.1. The van der Waals surface area contributed by atoms with Gasteiger partial charge in [-0.1, -0.05) is 18.2 Å². The van der Waals surface area contributed by atoms with E-state index in [0.29, 0.717) is 17.5 Å². The molecule has 4 aromatic rings. The Morgan fingerprint density at radius 2 is 1.78 bits per heavy atom. The largest absolute Gasteiger partial charge is 0.507 e. The zero-order chi connectivity index (χ0) is 28.2. The lowest BCUT2D eigenvalue weighted by atomic mass is 9.94. The van der Waals surface area contributed by atoms with Crippen LogP contribution in [-0.2, 0) is 12.8 Å². The normalized spacial score (nSPS) is 15.7. The summed E-state index contributed by atoms with van der Waals surface area (Å²) >= 11 is 0. The first-order chi connectivity index (χ1) is 20.0. The average Bonchev–Trinajstić information content (AvgIpc) is 3.01. The van der Waals surface area contributed by atoms with Gasteiger partial charge < -0.3 is 15.3 Å². The Morgan fingerprint density at radius 3 is 2.56 bits per heavy atom.